The summed E-state index contributed by atoms with van der Waals surface area (Å²) in [5.41, 5.74) is 1.14. The van der Waals surface area contributed by atoms with E-state index in [1.165, 1.54) is 16.7 Å². The predicted molar refractivity (Wildman–Crippen MR) is 78.5 cm³/mol. The normalized spacial score (nSPS) is 23.5. The minimum absolute atomic E-state index is 0.0927. The molecule has 2 aliphatic heterocycles. The van der Waals surface area contributed by atoms with Crippen LogP contribution in [-0.4, -0.2) is 52.3 Å². The Morgan fingerprint density at radius 2 is 2.24 bits per heavy atom. The zero-order chi connectivity index (χ0) is 14.8. The highest BCUT2D eigenvalue weighted by molar-refractivity contribution is 7.99. The third kappa shape index (κ3) is 2.92. The molecule has 6 nitrogen and oxygen atoms in total. The van der Waals surface area contributed by atoms with Gasteiger partial charge >= 0.3 is 12.0 Å². The Balaban J connectivity index is 1.52. The Labute approximate surface area is 126 Å². The topological polar surface area (TPSA) is 78.9 Å². The van der Waals surface area contributed by atoms with Crippen molar-refractivity contribution >= 4 is 23.8 Å². The van der Waals surface area contributed by atoms with E-state index in [0.717, 1.165) is 17.7 Å². The number of aliphatic carboxylic acids is 1. The molecule has 0 saturated carbocycles. The van der Waals surface area contributed by atoms with Gasteiger partial charge in [0, 0.05) is 12.2 Å². The summed E-state index contributed by atoms with van der Waals surface area (Å²) in [5.74, 6) is 0.749. The fraction of sp³-hybridized carbons (Fsp3) is 0.429. The summed E-state index contributed by atoms with van der Waals surface area (Å²) in [7, 11) is 0. The number of nitrogens with zero attached hydrogens (tertiary/aromatic N) is 1. The van der Waals surface area contributed by atoms with Gasteiger partial charge in [0.2, 0.25) is 0 Å². The molecule has 1 saturated heterocycles. The summed E-state index contributed by atoms with van der Waals surface area (Å²) in [6, 6.07) is 6.72. The van der Waals surface area contributed by atoms with E-state index in [0.29, 0.717) is 18.2 Å². The molecular weight excluding hydrogens is 292 g/mol. The van der Waals surface area contributed by atoms with Crippen LogP contribution in [0, 0.1) is 0 Å². The van der Waals surface area contributed by atoms with Gasteiger partial charge in [0.15, 0.2) is 0 Å². The number of ether oxygens (including phenoxy) is 1. The average Bonchev–Trinajstić information content (AvgIpc) is 3.10. The fourth-order valence-electron chi connectivity index (χ4n) is 2.52. The van der Waals surface area contributed by atoms with Crippen molar-refractivity contribution in [2.24, 2.45) is 0 Å². The van der Waals surface area contributed by atoms with Crippen molar-refractivity contribution in [2.45, 2.75) is 18.6 Å². The Hall–Kier alpha value is -1.89. The Morgan fingerprint density at radius 1 is 1.43 bits per heavy atom. The quantitative estimate of drug-likeness (QED) is 0.876. The lowest BCUT2D eigenvalue weighted by Crippen LogP contribution is -2.48. The molecule has 0 bridgehead atoms. The van der Waals surface area contributed by atoms with Gasteiger partial charge in [-0.05, 0) is 11.6 Å². The van der Waals surface area contributed by atoms with Crippen LogP contribution in [0.4, 0.5) is 4.79 Å². The number of carbonyl (C=O) groups excluding carboxylic acids is 1. The number of rotatable bonds is 3. The van der Waals surface area contributed by atoms with Gasteiger partial charge in [-0.15, -0.1) is 11.8 Å². The first-order chi connectivity index (χ1) is 10.1. The van der Waals surface area contributed by atoms with Crippen LogP contribution in [0.1, 0.15) is 5.56 Å². The lowest BCUT2D eigenvalue weighted by molar-refractivity contribution is -0.140. The number of carbonyl (C=O) groups is 2. The van der Waals surface area contributed by atoms with Gasteiger partial charge in [-0.25, -0.2) is 9.59 Å². The summed E-state index contributed by atoms with van der Waals surface area (Å²) in [6.45, 7) is 0.376. The van der Waals surface area contributed by atoms with Gasteiger partial charge in [-0.1, -0.05) is 18.2 Å². The largest absolute Gasteiger partial charge is 0.488 e. The van der Waals surface area contributed by atoms with Crippen molar-refractivity contribution in [1.29, 1.82) is 0 Å². The molecule has 1 aromatic rings. The summed E-state index contributed by atoms with van der Waals surface area (Å²) in [4.78, 5) is 24.5. The van der Waals surface area contributed by atoms with Gasteiger partial charge in [-0.2, -0.15) is 0 Å². The molecule has 2 aliphatic rings. The summed E-state index contributed by atoms with van der Waals surface area (Å²) in [5, 5.41) is 11.8. The first-order valence-corrected chi connectivity index (χ1v) is 7.90. The molecule has 2 N–H and O–H groups in total. The smallest absolute Gasteiger partial charge is 0.327 e. The van der Waals surface area contributed by atoms with Gasteiger partial charge in [-0.3, -0.25) is 0 Å². The molecule has 2 amide bonds. The fourth-order valence-corrected chi connectivity index (χ4v) is 3.66. The Kier molecular flexibility index (Phi) is 3.92. The van der Waals surface area contributed by atoms with Crippen LogP contribution in [0.3, 0.4) is 0 Å². The molecule has 1 aromatic carbocycles. The Morgan fingerprint density at radius 3 is 3.00 bits per heavy atom. The monoisotopic (exact) mass is 308 g/mol. The Bertz CT molecular complexity index is 541. The zero-order valence-electron chi connectivity index (χ0n) is 11.3. The number of hydrogen-bond donors (Lipinski definition) is 2. The maximum absolute atomic E-state index is 12.1. The van der Waals surface area contributed by atoms with E-state index in [-0.39, 0.29) is 12.1 Å². The highest BCUT2D eigenvalue weighted by Gasteiger charge is 2.35. The van der Waals surface area contributed by atoms with E-state index in [1.807, 2.05) is 24.3 Å². The molecular formula is C14H16N2O4S. The van der Waals surface area contributed by atoms with E-state index in [1.54, 1.807) is 0 Å². The molecule has 0 aliphatic carbocycles. The number of carboxylic acids is 1. The lowest BCUT2D eigenvalue weighted by atomic mass is 10.1. The molecule has 0 aromatic heterocycles. The van der Waals surface area contributed by atoms with Gasteiger partial charge in [0.25, 0.3) is 0 Å². The molecule has 112 valence electrons. The van der Waals surface area contributed by atoms with Crippen LogP contribution in [-0.2, 0) is 11.2 Å². The van der Waals surface area contributed by atoms with Crippen molar-refractivity contribution in [3.05, 3.63) is 29.8 Å². The van der Waals surface area contributed by atoms with E-state index in [4.69, 9.17) is 9.84 Å². The van der Waals surface area contributed by atoms with E-state index < -0.39 is 12.0 Å². The van der Waals surface area contributed by atoms with E-state index in [2.05, 4.69) is 5.32 Å². The van der Waals surface area contributed by atoms with Crippen LogP contribution in [0.25, 0.3) is 0 Å². The van der Waals surface area contributed by atoms with Crippen molar-refractivity contribution in [2.75, 3.05) is 18.2 Å². The lowest BCUT2D eigenvalue weighted by Gasteiger charge is -2.22. The molecule has 0 spiro atoms. The van der Waals surface area contributed by atoms with Crippen LogP contribution >= 0.6 is 11.8 Å². The standard InChI is InChI=1S/C14H16N2O4S/c17-13(18)11-7-21-8-16(11)14(19)15-6-10-5-9-3-1-2-4-12(9)20-10/h1-4,10-11H,5-8H2,(H,15,19)(H,17,18). The number of para-hydroxylation sites is 1. The molecule has 3 rings (SSSR count). The first kappa shape index (κ1) is 14.1. The van der Waals surface area contributed by atoms with E-state index >= 15 is 0 Å². The molecule has 0 radical (unpaired) electrons. The summed E-state index contributed by atoms with van der Waals surface area (Å²) in [6.07, 6.45) is 0.665. The third-order valence-electron chi connectivity index (χ3n) is 3.62. The maximum atomic E-state index is 12.1. The van der Waals surface area contributed by atoms with Gasteiger partial charge in [0.05, 0.1) is 12.4 Å². The number of fused-ring (bicyclic) bond motifs is 1. The summed E-state index contributed by atoms with van der Waals surface area (Å²) < 4.78 is 5.74. The van der Waals surface area contributed by atoms with Crippen molar-refractivity contribution < 1.29 is 19.4 Å². The van der Waals surface area contributed by atoms with Crippen molar-refractivity contribution in [3.63, 3.8) is 0 Å². The van der Waals surface area contributed by atoms with Crippen LogP contribution in [0.2, 0.25) is 0 Å². The second kappa shape index (κ2) is 5.85. The third-order valence-corrected chi connectivity index (χ3v) is 4.64. The minimum atomic E-state index is -0.959. The van der Waals surface area contributed by atoms with Crippen LogP contribution in [0.15, 0.2) is 24.3 Å². The predicted octanol–water partition coefficient (Wildman–Crippen LogP) is 1.16. The molecule has 2 heterocycles. The van der Waals surface area contributed by atoms with Crippen molar-refractivity contribution in [3.8, 4) is 5.75 Å². The molecule has 7 heteroatoms. The van der Waals surface area contributed by atoms with Gasteiger partial charge in [0.1, 0.15) is 17.9 Å². The maximum Gasteiger partial charge on any atom is 0.327 e. The van der Waals surface area contributed by atoms with E-state index in [9.17, 15) is 9.59 Å². The molecule has 2 atom stereocenters. The number of nitrogens with one attached hydrogen (secondary N) is 1. The average molecular weight is 308 g/mol. The number of hydrogen-bond acceptors (Lipinski definition) is 4. The molecule has 1 fully saturated rings. The first-order valence-electron chi connectivity index (χ1n) is 6.74. The zero-order valence-corrected chi connectivity index (χ0v) is 12.1. The molecule has 2 unspecified atom stereocenters. The SMILES string of the molecule is O=C(O)C1CSCN1C(=O)NCC1Cc2ccccc2O1. The number of urea groups is 1. The summed E-state index contributed by atoms with van der Waals surface area (Å²) >= 11 is 1.45. The number of amides is 2. The number of thioether (sulfide) groups is 1. The second-order valence-electron chi connectivity index (χ2n) is 5.06. The second-order valence-corrected chi connectivity index (χ2v) is 6.06. The van der Waals surface area contributed by atoms with Crippen LogP contribution < -0.4 is 10.1 Å². The van der Waals surface area contributed by atoms with Gasteiger partial charge < -0.3 is 20.1 Å². The highest BCUT2D eigenvalue weighted by Crippen LogP contribution is 2.28. The number of benzene rings is 1. The highest BCUT2D eigenvalue weighted by atomic mass is 32.2. The number of carboxylic acid groups (broad SMARTS) is 1. The minimum Gasteiger partial charge on any atom is -0.488 e. The molecule has 21 heavy (non-hydrogen) atoms. The van der Waals surface area contributed by atoms with Crippen LogP contribution in [0.5, 0.6) is 5.75 Å². The van der Waals surface area contributed by atoms with Crippen molar-refractivity contribution in [1.82, 2.24) is 10.2 Å².